The Balaban J connectivity index is 1.47. The highest BCUT2D eigenvalue weighted by molar-refractivity contribution is 9.12. The van der Waals surface area contributed by atoms with Gasteiger partial charge in [0.25, 0.3) is 11.5 Å². The number of thiocarbonyl (C=S) groups is 1. The Morgan fingerprint density at radius 3 is 2.39 bits per heavy atom. The van der Waals surface area contributed by atoms with E-state index in [1.54, 1.807) is 14.7 Å². The maximum atomic E-state index is 13.7. The average molecular weight is 676 g/mol. The molecule has 8 nitrogen and oxygen atoms in total. The second-order valence-corrected chi connectivity index (χ2v) is 12.5. The number of carbonyl (C=O) groups is 1. The van der Waals surface area contributed by atoms with Crippen LogP contribution >= 0.6 is 55.4 Å². The summed E-state index contributed by atoms with van der Waals surface area (Å²) in [4.78, 5) is 34.9. The molecule has 4 aromatic rings. The molecule has 0 saturated carbocycles. The van der Waals surface area contributed by atoms with Crippen molar-refractivity contribution in [1.82, 2.24) is 19.7 Å². The van der Waals surface area contributed by atoms with E-state index in [0.717, 1.165) is 22.6 Å². The molecule has 1 aliphatic heterocycles. The minimum absolute atomic E-state index is 0.182. The summed E-state index contributed by atoms with van der Waals surface area (Å²) in [6.45, 7) is 1.88. The van der Waals surface area contributed by atoms with Crippen LogP contribution in [0.2, 0.25) is 0 Å². The van der Waals surface area contributed by atoms with Crippen molar-refractivity contribution in [3.8, 4) is 16.9 Å². The van der Waals surface area contributed by atoms with Crippen molar-refractivity contribution < 1.29 is 4.79 Å². The van der Waals surface area contributed by atoms with Gasteiger partial charge in [0.2, 0.25) is 0 Å². The van der Waals surface area contributed by atoms with E-state index in [1.165, 1.54) is 16.2 Å². The summed E-state index contributed by atoms with van der Waals surface area (Å²) in [5.41, 5.74) is 4.27. The topological polar surface area (TPSA) is 75.4 Å². The number of hydrogen-bond acceptors (Lipinski definition) is 6. The van der Waals surface area contributed by atoms with Gasteiger partial charge in [-0.25, -0.2) is 14.6 Å². The fraction of sp³-hybridized carbons (Fsp3) is 0.231. The van der Waals surface area contributed by atoms with E-state index in [-0.39, 0.29) is 16.6 Å². The van der Waals surface area contributed by atoms with Crippen LogP contribution in [0.4, 0.5) is 10.8 Å². The molecule has 12 heteroatoms. The van der Waals surface area contributed by atoms with Crippen molar-refractivity contribution in [1.29, 1.82) is 0 Å². The van der Waals surface area contributed by atoms with E-state index in [2.05, 4.69) is 42.2 Å². The van der Waals surface area contributed by atoms with Gasteiger partial charge in [-0.3, -0.25) is 14.3 Å². The molecule has 2 unspecified atom stereocenters. The first kappa shape index (κ1) is 26.8. The van der Waals surface area contributed by atoms with Gasteiger partial charge in [0.15, 0.2) is 14.7 Å². The third kappa shape index (κ3) is 4.33. The lowest BCUT2D eigenvalue weighted by atomic mass is 10.0. The summed E-state index contributed by atoms with van der Waals surface area (Å²) in [6, 6.07) is 17.4. The summed E-state index contributed by atoms with van der Waals surface area (Å²) < 4.78 is 2.20. The molecule has 1 N–H and O–H groups in total. The van der Waals surface area contributed by atoms with E-state index in [9.17, 15) is 9.59 Å². The first-order valence-electron chi connectivity index (χ1n) is 11.6. The number of alkyl halides is 2. The molecule has 0 aliphatic carbocycles. The molecule has 1 saturated heterocycles. The zero-order valence-corrected chi connectivity index (χ0v) is 25.8. The van der Waals surface area contributed by atoms with Crippen molar-refractivity contribution in [3.63, 3.8) is 0 Å². The van der Waals surface area contributed by atoms with Gasteiger partial charge in [0.1, 0.15) is 0 Å². The number of anilines is 2. The third-order valence-corrected chi connectivity index (χ3v) is 10.5. The molecule has 2 aromatic carbocycles. The van der Waals surface area contributed by atoms with Crippen LogP contribution in [-0.4, -0.2) is 43.9 Å². The molecule has 1 aliphatic rings. The molecular weight excluding hydrogens is 652 g/mol. The van der Waals surface area contributed by atoms with Crippen LogP contribution in [0.5, 0.6) is 0 Å². The van der Waals surface area contributed by atoms with Gasteiger partial charge in [-0.1, -0.05) is 46.3 Å². The number of carbonyl (C=O) groups excluding carboxylic acids is 1. The average Bonchev–Trinajstić information content (AvgIpc) is 3.52. The Bertz CT molecular complexity index is 1600. The predicted octanol–water partition coefficient (Wildman–Crippen LogP) is 5.12. The highest BCUT2D eigenvalue weighted by atomic mass is 79.9. The molecule has 2 atom stereocenters. The van der Waals surface area contributed by atoms with Crippen LogP contribution in [-0.2, 0) is 11.8 Å². The molecule has 5 rings (SSSR count). The number of hydrogen-bond donors (Lipinski definition) is 1. The van der Waals surface area contributed by atoms with Gasteiger partial charge in [-0.2, -0.15) is 0 Å². The number of halogens is 2. The Labute approximate surface area is 246 Å². The number of nitrogens with zero attached hydrogens (tertiary/aromatic N) is 5. The Morgan fingerprint density at radius 1 is 1.11 bits per heavy atom. The predicted molar refractivity (Wildman–Crippen MR) is 164 cm³/mol. The van der Waals surface area contributed by atoms with Crippen molar-refractivity contribution in [3.05, 3.63) is 81.6 Å². The number of para-hydroxylation sites is 1. The maximum Gasteiger partial charge on any atom is 0.281 e. The molecule has 3 heterocycles. The van der Waals surface area contributed by atoms with E-state index < -0.39 is 9.28 Å². The number of benzene rings is 2. The number of amides is 1. The molecule has 2 aromatic heterocycles. The largest absolute Gasteiger partial charge is 0.378 e. The maximum absolute atomic E-state index is 13.7. The molecule has 1 amide bonds. The lowest BCUT2D eigenvalue weighted by molar-refractivity contribution is -0.119. The molecule has 0 spiro atoms. The van der Waals surface area contributed by atoms with Crippen LogP contribution < -0.4 is 20.7 Å². The van der Waals surface area contributed by atoms with Crippen LogP contribution in [0.15, 0.2) is 64.8 Å². The second-order valence-electron chi connectivity index (χ2n) is 9.08. The van der Waals surface area contributed by atoms with E-state index in [0.29, 0.717) is 16.4 Å². The molecular formula is C26H24Br2N6O2S2. The molecule has 0 bridgehead atoms. The Kier molecular flexibility index (Phi) is 7.10. The van der Waals surface area contributed by atoms with Gasteiger partial charge in [0, 0.05) is 37.9 Å². The quantitative estimate of drug-likeness (QED) is 0.174. The molecule has 1 fully saturated rings. The zero-order valence-electron chi connectivity index (χ0n) is 21.0. The van der Waals surface area contributed by atoms with Gasteiger partial charge in [-0.05, 0) is 64.9 Å². The summed E-state index contributed by atoms with van der Waals surface area (Å²) in [7, 11) is 5.78. The summed E-state index contributed by atoms with van der Waals surface area (Å²) in [6.07, 6.45) is 0. The first-order valence-corrected chi connectivity index (χ1v) is 14.6. The monoisotopic (exact) mass is 674 g/mol. The Hall–Kier alpha value is -2.80. The zero-order chi connectivity index (χ0) is 27.4. The molecule has 0 radical (unpaired) electrons. The number of nitrogens with one attached hydrogen (secondary N) is 1. The number of thiazole rings is 1. The fourth-order valence-electron chi connectivity index (χ4n) is 4.38. The standard InChI is InChI=1S/C26H24Br2N6O2S2/c1-15-20(22(35)34(32(15)4)18-8-6-5-7-9-18)19-14-38-25(29-19)33-23(36)26(28,30-24(33)37)21(27)16-10-12-17(13-11-16)31(2)3/h5-14,21H,1-4H3,(H,30,37). The van der Waals surface area contributed by atoms with Gasteiger partial charge < -0.3 is 10.2 Å². The smallest absolute Gasteiger partial charge is 0.281 e. The van der Waals surface area contributed by atoms with E-state index in [1.807, 2.05) is 87.6 Å². The normalized spacial score (nSPS) is 18.1. The fourth-order valence-corrected chi connectivity index (χ4v) is 6.96. The van der Waals surface area contributed by atoms with Gasteiger partial charge in [-0.15, -0.1) is 11.3 Å². The van der Waals surface area contributed by atoms with Crippen molar-refractivity contribution in [2.24, 2.45) is 7.05 Å². The molecule has 38 heavy (non-hydrogen) atoms. The number of aromatic nitrogens is 3. The SMILES string of the molecule is Cc1c(-c2csc(N3C(=O)C(Br)(C(Br)c4ccc(N(C)C)cc4)NC3=S)n2)c(=O)n(-c2ccccc2)n1C. The lowest BCUT2D eigenvalue weighted by Gasteiger charge is -2.26. The van der Waals surface area contributed by atoms with Crippen molar-refractivity contribution in [2.75, 3.05) is 23.9 Å². The lowest BCUT2D eigenvalue weighted by Crippen LogP contribution is -2.44. The third-order valence-electron chi connectivity index (χ3n) is 6.55. The molecule has 196 valence electrons. The summed E-state index contributed by atoms with van der Waals surface area (Å²) in [5, 5.41) is 5.54. The highest BCUT2D eigenvalue weighted by Crippen LogP contribution is 2.45. The van der Waals surface area contributed by atoms with Gasteiger partial charge >= 0.3 is 0 Å². The second kappa shape index (κ2) is 10.1. The van der Waals surface area contributed by atoms with E-state index in [4.69, 9.17) is 12.2 Å². The van der Waals surface area contributed by atoms with Crippen LogP contribution in [0.25, 0.3) is 16.9 Å². The van der Waals surface area contributed by atoms with E-state index >= 15 is 0 Å². The minimum Gasteiger partial charge on any atom is -0.378 e. The minimum atomic E-state index is -1.21. The van der Waals surface area contributed by atoms with Crippen molar-refractivity contribution in [2.45, 2.75) is 16.2 Å². The summed E-state index contributed by atoms with van der Waals surface area (Å²) in [5.74, 6) is -0.298. The van der Waals surface area contributed by atoms with Crippen LogP contribution in [0.3, 0.4) is 0 Å². The highest BCUT2D eigenvalue weighted by Gasteiger charge is 2.54. The summed E-state index contributed by atoms with van der Waals surface area (Å²) >= 11 is 14.2. The van der Waals surface area contributed by atoms with Crippen LogP contribution in [0.1, 0.15) is 16.1 Å². The van der Waals surface area contributed by atoms with Crippen LogP contribution in [0, 0.1) is 6.92 Å². The number of rotatable bonds is 6. The van der Waals surface area contributed by atoms with Gasteiger partial charge in [0.05, 0.1) is 21.8 Å². The Morgan fingerprint density at radius 2 is 1.76 bits per heavy atom. The first-order chi connectivity index (χ1) is 18.0. The van der Waals surface area contributed by atoms with Crippen molar-refractivity contribution >= 4 is 77.3 Å².